The van der Waals surface area contributed by atoms with E-state index < -0.39 is 11.3 Å². The number of halogens is 1. The second-order valence-corrected chi connectivity index (χ2v) is 7.03. The van der Waals surface area contributed by atoms with Gasteiger partial charge in [0, 0.05) is 5.41 Å². The van der Waals surface area contributed by atoms with E-state index in [1.165, 1.54) is 39.2 Å². The first-order chi connectivity index (χ1) is 10.5. The Balaban J connectivity index is 1.85. The Hall–Kier alpha value is -1.22. The number of ether oxygens (including phenoxy) is 2. The molecule has 0 bridgehead atoms. The van der Waals surface area contributed by atoms with Crippen LogP contribution in [0.2, 0.25) is 0 Å². The summed E-state index contributed by atoms with van der Waals surface area (Å²) in [5, 5.41) is -0.641. The van der Waals surface area contributed by atoms with E-state index in [4.69, 9.17) is 16.3 Å². The van der Waals surface area contributed by atoms with Crippen LogP contribution in [-0.2, 0) is 16.0 Å². The Kier molecular flexibility index (Phi) is 6.13. The van der Waals surface area contributed by atoms with Crippen molar-refractivity contribution in [1.82, 2.24) is 0 Å². The third-order valence-corrected chi connectivity index (χ3v) is 4.78. The fourth-order valence-electron chi connectivity index (χ4n) is 2.95. The fourth-order valence-corrected chi connectivity index (χ4v) is 3.21. The van der Waals surface area contributed by atoms with Crippen molar-refractivity contribution in [2.24, 2.45) is 5.41 Å². The predicted octanol–water partition coefficient (Wildman–Crippen LogP) is 4.36. The zero-order valence-electron chi connectivity index (χ0n) is 13.4. The molecule has 1 aromatic carbocycles. The zero-order valence-corrected chi connectivity index (χ0v) is 14.2. The van der Waals surface area contributed by atoms with E-state index in [-0.39, 0.29) is 0 Å². The zero-order chi connectivity index (χ0) is 16.0. The molecule has 1 aliphatic rings. The fraction of sp³-hybridized carbons (Fsp3) is 0.611. The van der Waals surface area contributed by atoms with Gasteiger partial charge in [0.1, 0.15) is 11.1 Å². The van der Waals surface area contributed by atoms with Crippen LogP contribution < -0.4 is 4.74 Å². The highest BCUT2D eigenvalue weighted by Crippen LogP contribution is 2.36. The minimum atomic E-state index is -0.641. The minimum absolute atomic E-state index is 0.309. The summed E-state index contributed by atoms with van der Waals surface area (Å²) in [6.45, 7) is 3.08. The van der Waals surface area contributed by atoms with Crippen LogP contribution in [0.4, 0.5) is 0 Å². The number of benzene rings is 1. The number of methoxy groups -OCH3 is 1. The van der Waals surface area contributed by atoms with Gasteiger partial charge >= 0.3 is 5.97 Å². The third kappa shape index (κ3) is 4.91. The van der Waals surface area contributed by atoms with Gasteiger partial charge in [-0.3, -0.25) is 4.79 Å². The number of hydrogen-bond acceptors (Lipinski definition) is 3. The largest absolute Gasteiger partial charge is 0.493 e. The molecule has 0 amide bonds. The lowest BCUT2D eigenvalue weighted by molar-refractivity contribution is -0.140. The van der Waals surface area contributed by atoms with E-state index in [1.807, 2.05) is 24.3 Å². The molecule has 0 aromatic heterocycles. The molecule has 0 unspecified atom stereocenters. The summed E-state index contributed by atoms with van der Waals surface area (Å²) in [6, 6.07) is 7.80. The van der Waals surface area contributed by atoms with Crippen LogP contribution in [-0.4, -0.2) is 25.1 Å². The van der Waals surface area contributed by atoms with E-state index >= 15 is 0 Å². The molecule has 1 aromatic rings. The molecule has 0 N–H and O–H groups in total. The van der Waals surface area contributed by atoms with Crippen molar-refractivity contribution in [2.75, 3.05) is 13.7 Å². The maximum atomic E-state index is 11.3. The van der Waals surface area contributed by atoms with Crippen LogP contribution in [0.3, 0.4) is 0 Å². The first kappa shape index (κ1) is 17.1. The van der Waals surface area contributed by atoms with E-state index in [0.717, 1.165) is 17.9 Å². The van der Waals surface area contributed by atoms with Crippen molar-refractivity contribution in [3.63, 3.8) is 0 Å². The summed E-state index contributed by atoms with van der Waals surface area (Å²) in [4.78, 5) is 11.3. The number of alkyl halides is 1. The highest BCUT2D eigenvalue weighted by Gasteiger charge is 2.27. The number of carbonyl (C=O) groups excluding carboxylic acids is 1. The highest BCUT2D eigenvalue weighted by atomic mass is 35.5. The maximum absolute atomic E-state index is 11.3. The van der Waals surface area contributed by atoms with E-state index in [9.17, 15) is 4.79 Å². The quantitative estimate of drug-likeness (QED) is 0.576. The smallest absolute Gasteiger partial charge is 0.324 e. The van der Waals surface area contributed by atoms with Crippen molar-refractivity contribution < 1.29 is 14.3 Å². The molecule has 1 fully saturated rings. The van der Waals surface area contributed by atoms with Crippen molar-refractivity contribution in [3.05, 3.63) is 29.8 Å². The molecule has 22 heavy (non-hydrogen) atoms. The molecule has 1 aliphatic carbocycles. The van der Waals surface area contributed by atoms with E-state index in [1.54, 1.807) is 0 Å². The van der Waals surface area contributed by atoms with E-state index in [0.29, 0.717) is 11.8 Å². The number of rotatable bonds is 6. The second-order valence-electron chi connectivity index (χ2n) is 6.50. The van der Waals surface area contributed by atoms with E-state index in [2.05, 4.69) is 11.7 Å². The Morgan fingerprint density at radius 1 is 1.23 bits per heavy atom. The summed E-state index contributed by atoms with van der Waals surface area (Å²) in [7, 11) is 1.35. The summed E-state index contributed by atoms with van der Waals surface area (Å²) in [5.74, 6) is 0.479. The second kappa shape index (κ2) is 7.87. The minimum Gasteiger partial charge on any atom is -0.493 e. The van der Waals surface area contributed by atoms with Crippen LogP contribution in [0.5, 0.6) is 5.75 Å². The van der Waals surface area contributed by atoms with Gasteiger partial charge in [-0.2, -0.15) is 0 Å². The lowest BCUT2D eigenvalue weighted by atomic mass is 9.76. The first-order valence-corrected chi connectivity index (χ1v) is 8.40. The standard InChI is InChI=1S/C18H25ClO3/c1-18(10-4-3-5-11-18)13-22-15-8-6-14(7-9-15)12-16(19)17(20)21-2/h6-9,16H,3-5,10-13H2,1-2H3/t16-/m0/s1. The molecule has 2 rings (SSSR count). The van der Waals surface area contributed by atoms with Crippen LogP contribution in [0.15, 0.2) is 24.3 Å². The van der Waals surface area contributed by atoms with Gasteiger partial charge in [-0.15, -0.1) is 11.6 Å². The van der Waals surface area contributed by atoms with Gasteiger partial charge in [-0.1, -0.05) is 38.3 Å². The molecule has 1 atom stereocenters. The SMILES string of the molecule is COC(=O)[C@@H](Cl)Cc1ccc(OCC2(C)CCCCC2)cc1. The molecule has 0 spiro atoms. The average Bonchev–Trinajstić information content (AvgIpc) is 2.54. The number of esters is 1. The molecule has 0 radical (unpaired) electrons. The lowest BCUT2D eigenvalue weighted by Gasteiger charge is -2.33. The van der Waals surface area contributed by atoms with Gasteiger partial charge in [0.05, 0.1) is 13.7 Å². The molecule has 0 heterocycles. The molecule has 4 heteroatoms. The van der Waals surface area contributed by atoms with Crippen molar-refractivity contribution >= 4 is 17.6 Å². The highest BCUT2D eigenvalue weighted by molar-refractivity contribution is 6.30. The van der Waals surface area contributed by atoms with Gasteiger partial charge in [-0.05, 0) is 37.0 Å². The molecule has 0 saturated heterocycles. The summed E-state index contributed by atoms with van der Waals surface area (Å²) < 4.78 is 10.6. The monoisotopic (exact) mass is 324 g/mol. The Labute approximate surface area is 137 Å². The van der Waals surface area contributed by atoms with Crippen molar-refractivity contribution in [1.29, 1.82) is 0 Å². The van der Waals surface area contributed by atoms with Gasteiger partial charge < -0.3 is 9.47 Å². The van der Waals surface area contributed by atoms with Crippen molar-refractivity contribution in [3.8, 4) is 5.75 Å². The van der Waals surface area contributed by atoms with Crippen LogP contribution in [0.25, 0.3) is 0 Å². The number of hydrogen-bond donors (Lipinski definition) is 0. The predicted molar refractivity (Wildman–Crippen MR) is 88.5 cm³/mol. The molecule has 1 saturated carbocycles. The molecule has 3 nitrogen and oxygen atoms in total. The Morgan fingerprint density at radius 2 is 1.86 bits per heavy atom. The molecule has 122 valence electrons. The molecular formula is C18H25ClO3. The van der Waals surface area contributed by atoms with Crippen molar-refractivity contribution in [2.45, 2.75) is 50.8 Å². The van der Waals surface area contributed by atoms with Gasteiger partial charge in [0.15, 0.2) is 0 Å². The summed E-state index contributed by atoms with van der Waals surface area (Å²) in [5.41, 5.74) is 1.31. The maximum Gasteiger partial charge on any atom is 0.324 e. The average molecular weight is 325 g/mol. The van der Waals surface area contributed by atoms with Crippen LogP contribution in [0, 0.1) is 5.41 Å². The van der Waals surface area contributed by atoms with Crippen LogP contribution >= 0.6 is 11.6 Å². The lowest BCUT2D eigenvalue weighted by Crippen LogP contribution is -2.27. The summed E-state index contributed by atoms with van der Waals surface area (Å²) >= 11 is 5.98. The van der Waals surface area contributed by atoms with Gasteiger partial charge in [-0.25, -0.2) is 0 Å². The van der Waals surface area contributed by atoms with Gasteiger partial charge in [0.25, 0.3) is 0 Å². The third-order valence-electron chi connectivity index (χ3n) is 4.44. The Bertz CT molecular complexity index is 478. The topological polar surface area (TPSA) is 35.5 Å². The van der Waals surface area contributed by atoms with Crippen LogP contribution in [0.1, 0.15) is 44.6 Å². The summed E-state index contributed by atoms with van der Waals surface area (Å²) in [6.07, 6.45) is 6.93. The Morgan fingerprint density at radius 3 is 2.45 bits per heavy atom. The molecular weight excluding hydrogens is 300 g/mol. The normalized spacial score (nSPS) is 18.5. The first-order valence-electron chi connectivity index (χ1n) is 7.96. The van der Waals surface area contributed by atoms with Gasteiger partial charge in [0.2, 0.25) is 0 Å². The number of carbonyl (C=O) groups is 1. The molecule has 0 aliphatic heterocycles.